The van der Waals surface area contributed by atoms with Gasteiger partial charge in [-0.15, -0.1) is 0 Å². The SMILES string of the molecule is CCNC(=O)Nc1cccc(-c2cnc3cc(-c4ccc(F)cc4)ccn23)c1.O=CO. The number of nitrogens with zero attached hydrogens (tertiary/aromatic N) is 2. The normalized spacial score (nSPS) is 10.1. The fourth-order valence-electron chi connectivity index (χ4n) is 3.11. The van der Waals surface area contributed by atoms with Crippen LogP contribution in [0, 0.1) is 5.82 Å². The van der Waals surface area contributed by atoms with Gasteiger partial charge in [-0.1, -0.05) is 24.3 Å². The fraction of sp³-hybridized carbons (Fsp3) is 0.0870. The Morgan fingerprint density at radius 1 is 1.10 bits per heavy atom. The Bertz CT molecular complexity index is 1190. The first-order valence-corrected chi connectivity index (χ1v) is 9.52. The minimum absolute atomic E-state index is 0.235. The molecule has 0 aliphatic heterocycles. The maximum atomic E-state index is 13.2. The number of carbonyl (C=O) groups is 2. The summed E-state index contributed by atoms with van der Waals surface area (Å²) in [5.74, 6) is -0.256. The number of hydrogen-bond donors (Lipinski definition) is 3. The summed E-state index contributed by atoms with van der Waals surface area (Å²) >= 11 is 0. The van der Waals surface area contributed by atoms with Gasteiger partial charge in [0.1, 0.15) is 11.5 Å². The van der Waals surface area contributed by atoms with Gasteiger partial charge in [-0.2, -0.15) is 0 Å². The lowest BCUT2D eigenvalue weighted by Crippen LogP contribution is -2.28. The highest BCUT2D eigenvalue weighted by Gasteiger charge is 2.09. The Hall–Kier alpha value is -4.20. The molecule has 0 spiro atoms. The number of halogens is 1. The molecule has 158 valence electrons. The van der Waals surface area contributed by atoms with Crippen LogP contribution in [-0.4, -0.2) is 33.5 Å². The third-order valence-corrected chi connectivity index (χ3v) is 4.44. The van der Waals surface area contributed by atoms with E-state index in [1.54, 1.807) is 18.3 Å². The maximum Gasteiger partial charge on any atom is 0.319 e. The third kappa shape index (κ3) is 5.24. The lowest BCUT2D eigenvalue weighted by molar-refractivity contribution is -0.122. The minimum atomic E-state index is -0.256. The number of nitrogens with one attached hydrogen (secondary N) is 2. The molecular formula is C23H21FN4O3. The summed E-state index contributed by atoms with van der Waals surface area (Å²) in [4.78, 5) is 24.6. The molecule has 2 aromatic heterocycles. The van der Waals surface area contributed by atoms with Crippen LogP contribution in [0.3, 0.4) is 0 Å². The Morgan fingerprint density at radius 3 is 2.55 bits per heavy atom. The third-order valence-electron chi connectivity index (χ3n) is 4.44. The quantitative estimate of drug-likeness (QED) is 0.419. The number of imidazole rings is 1. The monoisotopic (exact) mass is 420 g/mol. The van der Waals surface area contributed by atoms with Crippen molar-refractivity contribution < 1.29 is 19.1 Å². The van der Waals surface area contributed by atoms with Crippen LogP contribution in [0.1, 0.15) is 6.92 Å². The molecule has 4 rings (SSSR count). The molecule has 0 saturated carbocycles. The van der Waals surface area contributed by atoms with Gasteiger partial charge in [0.2, 0.25) is 0 Å². The molecule has 4 aromatic rings. The summed E-state index contributed by atoms with van der Waals surface area (Å²) in [6, 6.07) is 17.7. The lowest BCUT2D eigenvalue weighted by atomic mass is 10.1. The van der Waals surface area contributed by atoms with E-state index in [1.165, 1.54) is 12.1 Å². The Kier molecular flexibility index (Phi) is 6.95. The van der Waals surface area contributed by atoms with E-state index < -0.39 is 0 Å². The average Bonchev–Trinajstić information content (AvgIpc) is 3.18. The largest absolute Gasteiger partial charge is 0.483 e. The summed E-state index contributed by atoms with van der Waals surface area (Å²) in [5, 5.41) is 12.4. The number of pyridine rings is 1. The van der Waals surface area contributed by atoms with Crippen molar-refractivity contribution in [1.82, 2.24) is 14.7 Å². The molecule has 0 aliphatic carbocycles. The number of amides is 2. The standard InChI is InChI=1S/C22H19FN4O.CH2O2/c1-2-24-22(28)26-19-5-3-4-17(12-19)20-14-25-21-13-16(10-11-27(20)21)15-6-8-18(23)9-7-15;2-1-3/h3-14H,2H2,1H3,(H2,24,26,28);1H,(H,2,3). The second kappa shape index (κ2) is 10.0. The van der Waals surface area contributed by atoms with Crippen LogP contribution in [0.25, 0.3) is 28.0 Å². The predicted octanol–water partition coefficient (Wildman–Crippen LogP) is 4.65. The molecule has 2 aromatic carbocycles. The number of hydrogen-bond acceptors (Lipinski definition) is 3. The van der Waals surface area contributed by atoms with Gasteiger partial charge >= 0.3 is 6.03 Å². The van der Waals surface area contributed by atoms with E-state index in [9.17, 15) is 9.18 Å². The highest BCUT2D eigenvalue weighted by molar-refractivity contribution is 5.90. The van der Waals surface area contributed by atoms with Crippen molar-refractivity contribution in [1.29, 1.82) is 0 Å². The van der Waals surface area contributed by atoms with Crippen LogP contribution in [0.4, 0.5) is 14.9 Å². The van der Waals surface area contributed by atoms with Crippen molar-refractivity contribution in [2.75, 3.05) is 11.9 Å². The van der Waals surface area contributed by atoms with Gasteiger partial charge in [-0.25, -0.2) is 14.2 Å². The zero-order chi connectivity index (χ0) is 22.2. The van der Waals surface area contributed by atoms with Crippen molar-refractivity contribution in [3.8, 4) is 22.4 Å². The van der Waals surface area contributed by atoms with Crippen molar-refractivity contribution >= 4 is 23.8 Å². The van der Waals surface area contributed by atoms with Gasteiger partial charge in [-0.3, -0.25) is 9.20 Å². The minimum Gasteiger partial charge on any atom is -0.483 e. The summed E-state index contributed by atoms with van der Waals surface area (Å²) in [7, 11) is 0. The van der Waals surface area contributed by atoms with Crippen LogP contribution < -0.4 is 10.6 Å². The number of aromatic nitrogens is 2. The average molecular weight is 420 g/mol. The number of fused-ring (bicyclic) bond motifs is 1. The van der Waals surface area contributed by atoms with E-state index in [2.05, 4.69) is 15.6 Å². The Labute approximate surface area is 178 Å². The van der Waals surface area contributed by atoms with Crippen LogP contribution >= 0.6 is 0 Å². The molecule has 7 nitrogen and oxygen atoms in total. The molecule has 0 saturated heterocycles. The molecule has 2 amide bonds. The van der Waals surface area contributed by atoms with Crippen LogP contribution in [0.2, 0.25) is 0 Å². The zero-order valence-electron chi connectivity index (χ0n) is 16.7. The predicted molar refractivity (Wildman–Crippen MR) is 117 cm³/mol. The molecular weight excluding hydrogens is 399 g/mol. The number of carboxylic acid groups (broad SMARTS) is 1. The maximum absolute atomic E-state index is 13.2. The molecule has 2 heterocycles. The van der Waals surface area contributed by atoms with E-state index in [-0.39, 0.29) is 18.3 Å². The first kappa shape index (κ1) is 21.5. The number of anilines is 1. The molecule has 31 heavy (non-hydrogen) atoms. The molecule has 0 aliphatic rings. The van der Waals surface area contributed by atoms with Gasteiger partial charge in [0.15, 0.2) is 0 Å². The molecule has 0 unspecified atom stereocenters. The highest BCUT2D eigenvalue weighted by Crippen LogP contribution is 2.27. The van der Waals surface area contributed by atoms with E-state index in [0.717, 1.165) is 28.0 Å². The first-order chi connectivity index (χ1) is 15.0. The molecule has 0 bridgehead atoms. The van der Waals surface area contributed by atoms with Crippen molar-refractivity contribution in [2.24, 2.45) is 0 Å². The highest BCUT2D eigenvalue weighted by atomic mass is 19.1. The van der Waals surface area contributed by atoms with Gasteiger partial charge in [0.05, 0.1) is 11.9 Å². The van der Waals surface area contributed by atoms with Crippen molar-refractivity contribution in [3.63, 3.8) is 0 Å². The Morgan fingerprint density at radius 2 is 1.84 bits per heavy atom. The lowest BCUT2D eigenvalue weighted by Gasteiger charge is -2.08. The Balaban J connectivity index is 0.000000858. The van der Waals surface area contributed by atoms with Crippen molar-refractivity contribution in [3.05, 3.63) is 78.9 Å². The van der Waals surface area contributed by atoms with E-state index >= 15 is 0 Å². The first-order valence-electron chi connectivity index (χ1n) is 9.52. The molecule has 3 N–H and O–H groups in total. The smallest absolute Gasteiger partial charge is 0.319 e. The molecule has 0 fully saturated rings. The van der Waals surface area contributed by atoms with Gasteiger partial charge in [-0.05, 0) is 54.4 Å². The van der Waals surface area contributed by atoms with E-state index in [0.29, 0.717) is 12.2 Å². The summed E-state index contributed by atoms with van der Waals surface area (Å²) in [6.07, 6.45) is 3.75. The number of benzene rings is 2. The van der Waals surface area contributed by atoms with Gasteiger partial charge in [0, 0.05) is 24.0 Å². The van der Waals surface area contributed by atoms with E-state index in [4.69, 9.17) is 9.90 Å². The van der Waals surface area contributed by atoms with Crippen molar-refractivity contribution in [2.45, 2.75) is 6.92 Å². The summed E-state index contributed by atoms with van der Waals surface area (Å²) in [5.41, 5.74) is 5.26. The zero-order valence-corrected chi connectivity index (χ0v) is 16.7. The molecule has 0 radical (unpaired) electrons. The topological polar surface area (TPSA) is 95.7 Å². The molecule has 8 heteroatoms. The fourth-order valence-corrected chi connectivity index (χ4v) is 3.11. The second-order valence-corrected chi connectivity index (χ2v) is 6.46. The van der Waals surface area contributed by atoms with E-state index in [1.807, 2.05) is 53.9 Å². The number of urea groups is 1. The second-order valence-electron chi connectivity index (χ2n) is 6.46. The van der Waals surface area contributed by atoms with Gasteiger partial charge in [0.25, 0.3) is 6.47 Å². The number of carbonyl (C=O) groups excluding carboxylic acids is 1. The number of rotatable bonds is 4. The van der Waals surface area contributed by atoms with Crippen LogP contribution in [0.15, 0.2) is 73.1 Å². The van der Waals surface area contributed by atoms with Crippen LogP contribution in [-0.2, 0) is 4.79 Å². The van der Waals surface area contributed by atoms with Gasteiger partial charge < -0.3 is 15.7 Å². The van der Waals surface area contributed by atoms with Crippen LogP contribution in [0.5, 0.6) is 0 Å². The summed E-state index contributed by atoms with van der Waals surface area (Å²) in [6.45, 7) is 2.18. The summed E-state index contributed by atoms with van der Waals surface area (Å²) < 4.78 is 15.1. The molecule has 0 atom stereocenters.